The van der Waals surface area contributed by atoms with Crippen molar-refractivity contribution < 1.29 is 14.4 Å². The number of aliphatic hydroxyl groups excluding tert-OH is 1. The van der Waals surface area contributed by atoms with Gasteiger partial charge in [-0.05, 0) is 36.8 Å². The van der Waals surface area contributed by atoms with Crippen molar-refractivity contribution in [2.24, 2.45) is 7.05 Å². The third-order valence-corrected chi connectivity index (χ3v) is 3.66. The molecule has 0 amide bonds. The fourth-order valence-corrected chi connectivity index (χ4v) is 2.55. The summed E-state index contributed by atoms with van der Waals surface area (Å²) in [5.74, 6) is 1.58. The minimum atomic E-state index is -0.696. The zero-order chi connectivity index (χ0) is 14.8. The van der Waals surface area contributed by atoms with E-state index >= 15 is 0 Å². The number of nitrogens with zero attached hydrogens (tertiary/aromatic N) is 1. The lowest BCUT2D eigenvalue weighted by molar-refractivity contribution is -0.656. The topological polar surface area (TPSA) is 49.1 Å². The second-order valence-corrected chi connectivity index (χ2v) is 4.99. The minimum Gasteiger partial charge on any atom is -0.494 e. The Labute approximate surface area is 123 Å². The zero-order valence-electron chi connectivity index (χ0n) is 12.2. The van der Waals surface area contributed by atoms with Gasteiger partial charge in [-0.15, -0.1) is 0 Å². The second kappa shape index (κ2) is 5.58. The number of aromatic nitrogens is 2. The summed E-state index contributed by atoms with van der Waals surface area (Å²) in [4.78, 5) is 3.28. The number of para-hydroxylation sites is 2. The molecule has 3 aromatic rings. The molecule has 0 bridgehead atoms. The summed E-state index contributed by atoms with van der Waals surface area (Å²) >= 11 is 0. The lowest BCUT2D eigenvalue weighted by atomic mass is 10.1. The molecule has 4 heteroatoms. The van der Waals surface area contributed by atoms with Gasteiger partial charge < -0.3 is 9.84 Å². The van der Waals surface area contributed by atoms with Crippen LogP contribution >= 0.6 is 0 Å². The second-order valence-electron chi connectivity index (χ2n) is 4.99. The Morgan fingerprint density at radius 2 is 1.86 bits per heavy atom. The van der Waals surface area contributed by atoms with E-state index < -0.39 is 6.10 Å². The maximum atomic E-state index is 10.6. The van der Waals surface area contributed by atoms with E-state index in [1.165, 1.54) is 0 Å². The molecule has 2 aromatic carbocycles. The highest BCUT2D eigenvalue weighted by molar-refractivity contribution is 5.71. The Hall–Kier alpha value is -2.33. The quantitative estimate of drug-likeness (QED) is 0.723. The fourth-order valence-electron chi connectivity index (χ4n) is 2.55. The number of nitrogens with one attached hydrogen (secondary N) is 1. The van der Waals surface area contributed by atoms with Gasteiger partial charge in [0.15, 0.2) is 17.1 Å². The molecule has 0 aliphatic rings. The van der Waals surface area contributed by atoms with Gasteiger partial charge in [0.05, 0.1) is 13.7 Å². The van der Waals surface area contributed by atoms with Crippen LogP contribution in [0.5, 0.6) is 5.75 Å². The van der Waals surface area contributed by atoms with E-state index in [1.54, 1.807) is 0 Å². The number of hydrogen-bond donors (Lipinski definition) is 2. The van der Waals surface area contributed by atoms with Gasteiger partial charge in [-0.1, -0.05) is 24.3 Å². The number of imidazole rings is 1. The van der Waals surface area contributed by atoms with Crippen LogP contribution in [0, 0.1) is 0 Å². The van der Waals surface area contributed by atoms with Crippen LogP contribution in [-0.2, 0) is 7.05 Å². The molecular formula is C17H19N2O2+. The number of rotatable bonds is 4. The summed E-state index contributed by atoms with van der Waals surface area (Å²) in [6, 6.07) is 15.5. The molecule has 0 saturated carbocycles. The van der Waals surface area contributed by atoms with Gasteiger partial charge in [0.25, 0.3) is 5.82 Å². The normalized spacial score (nSPS) is 12.5. The number of aliphatic hydroxyl groups is 1. The van der Waals surface area contributed by atoms with Crippen molar-refractivity contribution in [1.29, 1.82) is 0 Å². The molecule has 0 fully saturated rings. The molecule has 4 nitrogen and oxygen atoms in total. The predicted octanol–water partition coefficient (Wildman–Crippen LogP) is 2.47. The number of ether oxygens (including phenoxy) is 1. The van der Waals surface area contributed by atoms with E-state index in [0.29, 0.717) is 6.61 Å². The van der Waals surface area contributed by atoms with Crippen LogP contribution in [-0.4, -0.2) is 16.7 Å². The Morgan fingerprint density at radius 3 is 2.52 bits per heavy atom. The average molecular weight is 283 g/mol. The molecule has 1 unspecified atom stereocenters. The van der Waals surface area contributed by atoms with E-state index in [2.05, 4.69) is 4.98 Å². The number of aromatic amines is 1. The van der Waals surface area contributed by atoms with Crippen molar-refractivity contribution >= 4 is 11.0 Å². The van der Waals surface area contributed by atoms with Gasteiger partial charge in [0, 0.05) is 0 Å². The average Bonchev–Trinajstić information content (AvgIpc) is 2.85. The number of hydrogen-bond acceptors (Lipinski definition) is 2. The summed E-state index contributed by atoms with van der Waals surface area (Å²) in [6.45, 7) is 2.59. The van der Waals surface area contributed by atoms with E-state index in [9.17, 15) is 5.11 Å². The Bertz CT molecular complexity index is 747. The highest BCUT2D eigenvalue weighted by atomic mass is 16.5. The summed E-state index contributed by atoms with van der Waals surface area (Å²) in [5, 5.41) is 10.6. The molecule has 3 rings (SSSR count). The van der Waals surface area contributed by atoms with Gasteiger partial charge >= 0.3 is 0 Å². The van der Waals surface area contributed by atoms with Crippen LogP contribution in [0.15, 0.2) is 48.5 Å². The standard InChI is InChI=1S/C17H18N2O2/c1-3-21-13-10-8-12(9-11-13)16(20)17-18-14-6-4-5-7-15(14)19(17)2/h4-11,16,20H,3H2,1-2H3/p+1. The minimum absolute atomic E-state index is 0.638. The fraction of sp³-hybridized carbons (Fsp3) is 0.235. The highest BCUT2D eigenvalue weighted by Gasteiger charge is 2.24. The molecule has 0 radical (unpaired) electrons. The molecule has 0 saturated heterocycles. The molecule has 1 heterocycles. The summed E-state index contributed by atoms with van der Waals surface area (Å²) < 4.78 is 7.41. The molecule has 108 valence electrons. The van der Waals surface area contributed by atoms with E-state index in [4.69, 9.17) is 4.74 Å². The lowest BCUT2D eigenvalue weighted by Gasteiger charge is -2.08. The van der Waals surface area contributed by atoms with Crippen LogP contribution in [0.2, 0.25) is 0 Å². The van der Waals surface area contributed by atoms with E-state index in [-0.39, 0.29) is 0 Å². The Kier molecular flexibility index (Phi) is 3.62. The molecule has 0 spiro atoms. The largest absolute Gasteiger partial charge is 0.494 e. The number of aryl methyl sites for hydroxylation is 1. The van der Waals surface area contributed by atoms with Gasteiger partial charge in [0.2, 0.25) is 0 Å². The van der Waals surface area contributed by atoms with Crippen LogP contribution < -0.4 is 9.30 Å². The first-order valence-corrected chi connectivity index (χ1v) is 7.08. The van der Waals surface area contributed by atoms with Crippen molar-refractivity contribution in [3.63, 3.8) is 0 Å². The van der Waals surface area contributed by atoms with Crippen LogP contribution in [0.4, 0.5) is 0 Å². The van der Waals surface area contributed by atoms with Crippen molar-refractivity contribution in [2.75, 3.05) is 6.61 Å². The summed E-state index contributed by atoms with van der Waals surface area (Å²) in [6.07, 6.45) is -0.696. The van der Waals surface area contributed by atoms with Crippen molar-refractivity contribution in [3.8, 4) is 5.75 Å². The third kappa shape index (κ3) is 2.50. The molecule has 1 aromatic heterocycles. The smallest absolute Gasteiger partial charge is 0.289 e. The Morgan fingerprint density at radius 1 is 1.14 bits per heavy atom. The third-order valence-electron chi connectivity index (χ3n) is 3.66. The molecule has 0 aliphatic carbocycles. The van der Waals surface area contributed by atoms with Gasteiger partial charge in [-0.25, -0.2) is 9.55 Å². The van der Waals surface area contributed by atoms with Crippen LogP contribution in [0.25, 0.3) is 11.0 Å². The summed E-state index contributed by atoms with van der Waals surface area (Å²) in [7, 11) is 1.95. The first kappa shape index (κ1) is 13.6. The molecular weight excluding hydrogens is 264 g/mol. The first-order chi connectivity index (χ1) is 10.2. The molecule has 21 heavy (non-hydrogen) atoms. The Balaban J connectivity index is 1.96. The van der Waals surface area contributed by atoms with Crippen molar-refractivity contribution in [2.45, 2.75) is 13.0 Å². The maximum Gasteiger partial charge on any atom is 0.289 e. The monoisotopic (exact) mass is 283 g/mol. The number of benzene rings is 2. The highest BCUT2D eigenvalue weighted by Crippen LogP contribution is 2.23. The van der Waals surface area contributed by atoms with Gasteiger partial charge in [-0.2, -0.15) is 0 Å². The lowest BCUT2D eigenvalue weighted by Crippen LogP contribution is -2.33. The van der Waals surface area contributed by atoms with Crippen LogP contribution in [0.3, 0.4) is 0 Å². The van der Waals surface area contributed by atoms with Crippen LogP contribution in [0.1, 0.15) is 24.4 Å². The molecule has 0 aliphatic heterocycles. The van der Waals surface area contributed by atoms with E-state index in [1.807, 2.05) is 67.1 Å². The predicted molar refractivity (Wildman–Crippen MR) is 81.1 cm³/mol. The summed E-state index contributed by atoms with van der Waals surface area (Å²) in [5.41, 5.74) is 2.91. The van der Waals surface area contributed by atoms with Gasteiger partial charge in [0.1, 0.15) is 5.75 Å². The SMILES string of the molecule is CCOc1ccc(C(O)c2[nH]c3ccccc3[n+]2C)cc1. The number of fused-ring (bicyclic) bond motifs is 1. The van der Waals surface area contributed by atoms with Crippen molar-refractivity contribution in [1.82, 2.24) is 4.98 Å². The maximum absolute atomic E-state index is 10.6. The first-order valence-electron chi connectivity index (χ1n) is 7.08. The van der Waals surface area contributed by atoms with Crippen molar-refractivity contribution in [3.05, 3.63) is 59.9 Å². The molecule has 1 atom stereocenters. The zero-order valence-corrected chi connectivity index (χ0v) is 12.2. The molecule has 2 N–H and O–H groups in total. The van der Waals surface area contributed by atoms with E-state index in [0.717, 1.165) is 28.2 Å². The van der Waals surface area contributed by atoms with Gasteiger partial charge in [-0.3, -0.25) is 0 Å². The number of H-pyrrole nitrogens is 1.